The first-order valence-corrected chi connectivity index (χ1v) is 6.18. The molecule has 19 heavy (non-hydrogen) atoms. The van der Waals surface area contributed by atoms with Crippen molar-refractivity contribution < 1.29 is 14.4 Å². The number of hydroxylamine groups is 1. The molecule has 0 radical (unpaired) electrons. The van der Waals surface area contributed by atoms with Gasteiger partial charge in [-0.3, -0.25) is 14.4 Å². The summed E-state index contributed by atoms with van der Waals surface area (Å²) in [6, 6.07) is 7.42. The van der Waals surface area contributed by atoms with Gasteiger partial charge < -0.3 is 5.32 Å². The summed E-state index contributed by atoms with van der Waals surface area (Å²) in [5.74, 6) is -1.57. The summed E-state index contributed by atoms with van der Waals surface area (Å²) in [5.41, 5.74) is 3.69. The van der Waals surface area contributed by atoms with Gasteiger partial charge in [-0.2, -0.15) is 0 Å². The van der Waals surface area contributed by atoms with Crippen LogP contribution in [0, 0.1) is 0 Å². The number of amides is 2. The molecule has 1 aromatic rings. The lowest BCUT2D eigenvalue weighted by atomic mass is 9.87. The Kier molecular flexibility index (Phi) is 5.06. The van der Waals surface area contributed by atoms with Crippen LogP contribution in [0.25, 0.3) is 0 Å². The second-order valence-electron chi connectivity index (χ2n) is 5.15. The Bertz CT molecular complexity index is 464. The number of benzene rings is 1. The summed E-state index contributed by atoms with van der Waals surface area (Å²) >= 11 is 0. The number of nitrogens with one attached hydrogen (secondary N) is 2. The van der Waals surface area contributed by atoms with Crippen molar-refractivity contribution in [3.8, 4) is 0 Å². The lowest BCUT2D eigenvalue weighted by molar-refractivity contribution is -0.144. The molecular formula is C14H20N2O3. The maximum Gasteiger partial charge on any atom is 0.333 e. The van der Waals surface area contributed by atoms with Gasteiger partial charge in [0.05, 0.1) is 6.61 Å². The molecule has 5 heteroatoms. The van der Waals surface area contributed by atoms with Gasteiger partial charge >= 0.3 is 11.8 Å². The average Bonchev–Trinajstić information content (AvgIpc) is 2.35. The Balaban J connectivity index is 2.72. The maximum absolute atomic E-state index is 11.6. The molecule has 0 aliphatic rings. The largest absolute Gasteiger partial charge is 0.333 e. The van der Waals surface area contributed by atoms with Crippen LogP contribution in [0.1, 0.15) is 33.3 Å². The van der Waals surface area contributed by atoms with E-state index in [1.165, 1.54) is 0 Å². The van der Waals surface area contributed by atoms with E-state index in [1.54, 1.807) is 13.0 Å². The lowest BCUT2D eigenvalue weighted by Gasteiger charge is -2.19. The van der Waals surface area contributed by atoms with Gasteiger partial charge in [-0.05, 0) is 30.0 Å². The Morgan fingerprint density at radius 2 is 1.89 bits per heavy atom. The Hall–Kier alpha value is -1.88. The molecule has 0 aromatic heterocycles. The third-order valence-corrected chi connectivity index (χ3v) is 2.50. The Labute approximate surface area is 113 Å². The molecule has 2 amide bonds. The van der Waals surface area contributed by atoms with E-state index in [2.05, 4.69) is 30.9 Å². The molecule has 1 rings (SSSR count). The predicted octanol–water partition coefficient (Wildman–Crippen LogP) is 1.99. The van der Waals surface area contributed by atoms with Crippen LogP contribution in [-0.4, -0.2) is 18.4 Å². The number of rotatable bonds is 3. The fraction of sp³-hybridized carbons (Fsp3) is 0.429. The van der Waals surface area contributed by atoms with Gasteiger partial charge in [0.2, 0.25) is 0 Å². The summed E-state index contributed by atoms with van der Waals surface area (Å²) < 4.78 is 0. The highest BCUT2D eigenvalue weighted by Gasteiger charge is 2.16. The van der Waals surface area contributed by atoms with Crippen molar-refractivity contribution in [2.24, 2.45) is 0 Å². The Morgan fingerprint density at radius 3 is 2.47 bits per heavy atom. The molecule has 5 nitrogen and oxygen atoms in total. The van der Waals surface area contributed by atoms with E-state index in [0.717, 1.165) is 5.56 Å². The topological polar surface area (TPSA) is 67.4 Å². The highest BCUT2D eigenvalue weighted by Crippen LogP contribution is 2.24. The van der Waals surface area contributed by atoms with Crippen molar-refractivity contribution in [1.29, 1.82) is 0 Å². The third kappa shape index (κ3) is 4.71. The monoisotopic (exact) mass is 264 g/mol. The fourth-order valence-electron chi connectivity index (χ4n) is 1.44. The second-order valence-corrected chi connectivity index (χ2v) is 5.15. The quantitative estimate of drug-likeness (QED) is 0.648. The van der Waals surface area contributed by atoms with Crippen LogP contribution < -0.4 is 10.8 Å². The molecule has 0 aliphatic carbocycles. The van der Waals surface area contributed by atoms with E-state index in [0.29, 0.717) is 12.3 Å². The fourth-order valence-corrected chi connectivity index (χ4v) is 1.44. The van der Waals surface area contributed by atoms with Gasteiger partial charge in [-0.25, -0.2) is 5.48 Å². The molecule has 0 fully saturated rings. The smallest absolute Gasteiger partial charge is 0.318 e. The van der Waals surface area contributed by atoms with E-state index in [4.69, 9.17) is 0 Å². The average molecular weight is 264 g/mol. The van der Waals surface area contributed by atoms with E-state index in [-0.39, 0.29) is 5.41 Å². The van der Waals surface area contributed by atoms with Crippen LogP contribution in [0.3, 0.4) is 0 Å². The molecule has 0 bridgehead atoms. The van der Waals surface area contributed by atoms with Crippen molar-refractivity contribution in [2.45, 2.75) is 33.1 Å². The van der Waals surface area contributed by atoms with Crippen LogP contribution >= 0.6 is 0 Å². The van der Waals surface area contributed by atoms with E-state index >= 15 is 0 Å². The first-order valence-electron chi connectivity index (χ1n) is 6.18. The first-order chi connectivity index (χ1) is 8.84. The summed E-state index contributed by atoms with van der Waals surface area (Å²) in [6.45, 7) is 8.25. The van der Waals surface area contributed by atoms with Crippen molar-refractivity contribution >= 4 is 17.5 Å². The molecule has 0 aliphatic heterocycles. The van der Waals surface area contributed by atoms with Crippen LogP contribution in [-0.2, 0) is 19.8 Å². The molecule has 1 aromatic carbocycles. The zero-order valence-corrected chi connectivity index (χ0v) is 11.7. The highest BCUT2D eigenvalue weighted by molar-refractivity contribution is 6.39. The van der Waals surface area contributed by atoms with Crippen LogP contribution in [0.5, 0.6) is 0 Å². The van der Waals surface area contributed by atoms with Gasteiger partial charge in [-0.15, -0.1) is 0 Å². The number of hydrogen-bond acceptors (Lipinski definition) is 3. The van der Waals surface area contributed by atoms with Gasteiger partial charge in [0, 0.05) is 5.69 Å². The van der Waals surface area contributed by atoms with Gasteiger partial charge in [0.1, 0.15) is 0 Å². The standard InChI is InChI=1S/C14H20N2O3/c1-5-19-16-13(18)12(17)15-11-8-6-7-10(9-11)14(2,3)4/h6-9H,5H2,1-4H3,(H,15,17)(H,16,18). The minimum Gasteiger partial charge on any atom is -0.318 e. The van der Waals surface area contributed by atoms with E-state index < -0.39 is 11.8 Å². The normalized spacial score (nSPS) is 10.9. The maximum atomic E-state index is 11.6. The molecular weight excluding hydrogens is 244 g/mol. The molecule has 2 N–H and O–H groups in total. The zero-order valence-electron chi connectivity index (χ0n) is 11.7. The summed E-state index contributed by atoms with van der Waals surface area (Å²) in [7, 11) is 0. The predicted molar refractivity (Wildman–Crippen MR) is 73.5 cm³/mol. The van der Waals surface area contributed by atoms with Crippen LogP contribution in [0.4, 0.5) is 5.69 Å². The van der Waals surface area contributed by atoms with Gasteiger partial charge in [0.15, 0.2) is 0 Å². The van der Waals surface area contributed by atoms with E-state index in [9.17, 15) is 9.59 Å². The van der Waals surface area contributed by atoms with Gasteiger partial charge in [-0.1, -0.05) is 32.9 Å². The molecule has 0 heterocycles. The van der Waals surface area contributed by atoms with Crippen molar-refractivity contribution in [1.82, 2.24) is 5.48 Å². The third-order valence-electron chi connectivity index (χ3n) is 2.50. The number of hydrogen-bond donors (Lipinski definition) is 2. The molecule has 0 unspecified atom stereocenters. The summed E-state index contributed by atoms with van der Waals surface area (Å²) in [4.78, 5) is 27.6. The number of anilines is 1. The second kappa shape index (κ2) is 6.33. The number of carbonyl (C=O) groups excluding carboxylic acids is 2. The molecule has 0 saturated carbocycles. The SMILES string of the molecule is CCONC(=O)C(=O)Nc1cccc(C(C)(C)C)c1. The molecule has 0 spiro atoms. The summed E-state index contributed by atoms with van der Waals surface area (Å²) in [5, 5.41) is 2.53. The molecule has 104 valence electrons. The van der Waals surface area contributed by atoms with Gasteiger partial charge in [0.25, 0.3) is 0 Å². The van der Waals surface area contributed by atoms with E-state index in [1.807, 2.05) is 23.7 Å². The first kappa shape index (κ1) is 15.2. The lowest BCUT2D eigenvalue weighted by Crippen LogP contribution is -2.35. The molecule has 0 atom stereocenters. The number of carbonyl (C=O) groups is 2. The van der Waals surface area contributed by atoms with Crippen molar-refractivity contribution in [3.05, 3.63) is 29.8 Å². The Morgan fingerprint density at radius 1 is 1.21 bits per heavy atom. The molecule has 0 saturated heterocycles. The highest BCUT2D eigenvalue weighted by atomic mass is 16.6. The van der Waals surface area contributed by atoms with Crippen molar-refractivity contribution in [2.75, 3.05) is 11.9 Å². The van der Waals surface area contributed by atoms with Crippen LogP contribution in [0.15, 0.2) is 24.3 Å². The van der Waals surface area contributed by atoms with Crippen LogP contribution in [0.2, 0.25) is 0 Å². The minimum absolute atomic E-state index is 0.0195. The zero-order chi connectivity index (χ0) is 14.5. The summed E-state index contributed by atoms with van der Waals surface area (Å²) in [6.07, 6.45) is 0. The van der Waals surface area contributed by atoms with Crippen molar-refractivity contribution in [3.63, 3.8) is 0 Å². The minimum atomic E-state index is -0.817.